The number of allylic oxidation sites excluding steroid dienone is 1. The number of tetrazole rings is 1. The Morgan fingerprint density at radius 3 is 2.73 bits per heavy atom. The number of aryl methyl sites for hydroxylation is 2. The topological polar surface area (TPSA) is 116 Å². The quantitative estimate of drug-likeness (QED) is 0.223. The van der Waals surface area contributed by atoms with E-state index in [1.165, 1.54) is 24.8 Å². The van der Waals surface area contributed by atoms with Gasteiger partial charge < -0.3 is 10.9 Å². The van der Waals surface area contributed by atoms with Crippen molar-refractivity contribution < 1.29 is 45.3 Å². The Kier molecular flexibility index (Phi) is 8.42. The van der Waals surface area contributed by atoms with Crippen molar-refractivity contribution in [3.8, 4) is 11.5 Å². The molecule has 1 atom stereocenters. The molecule has 8 nitrogen and oxygen atoms in total. The van der Waals surface area contributed by atoms with Crippen molar-refractivity contribution in [3.63, 3.8) is 0 Å². The predicted molar refractivity (Wildman–Crippen MR) is 121 cm³/mol. The van der Waals surface area contributed by atoms with Crippen LogP contribution < -0.4 is 44.8 Å². The molecule has 0 saturated heterocycles. The zero-order valence-electron chi connectivity index (χ0n) is 20.3. The van der Waals surface area contributed by atoms with Crippen LogP contribution in [0.2, 0.25) is 0 Å². The number of nitrogens with two attached hydrogens (primary N) is 1. The van der Waals surface area contributed by atoms with E-state index in [-0.39, 0.29) is 49.2 Å². The first kappa shape index (κ1) is 25.1. The predicted octanol–water partition coefficient (Wildman–Crippen LogP) is 0.836. The SMILES string of the molecule is CCCCCc1ccc(C=CC(=O)c2cc3c(cc2C)OCC(N)(c2nn[nH]n2)O3)cc1.[H-].[Na+]. The third-order valence-corrected chi connectivity index (χ3v) is 5.49. The maximum atomic E-state index is 12.9. The molecular formula is C24H28N5NaO3. The summed E-state index contributed by atoms with van der Waals surface area (Å²) in [4.78, 5) is 12.9. The summed E-state index contributed by atoms with van der Waals surface area (Å²) in [6.45, 7) is 4.09. The van der Waals surface area contributed by atoms with Crippen molar-refractivity contribution in [3.05, 3.63) is 70.6 Å². The maximum absolute atomic E-state index is 12.9. The summed E-state index contributed by atoms with van der Waals surface area (Å²) in [6, 6.07) is 11.7. The van der Waals surface area contributed by atoms with Crippen LogP contribution in [0, 0.1) is 6.92 Å². The van der Waals surface area contributed by atoms with Gasteiger partial charge in [0, 0.05) is 5.56 Å². The first-order valence-corrected chi connectivity index (χ1v) is 10.8. The fraction of sp³-hybridized carbons (Fsp3) is 0.333. The van der Waals surface area contributed by atoms with E-state index in [2.05, 4.69) is 39.7 Å². The fourth-order valence-electron chi connectivity index (χ4n) is 3.62. The largest absolute Gasteiger partial charge is 1.00 e. The Labute approximate surface area is 216 Å². The van der Waals surface area contributed by atoms with E-state index < -0.39 is 5.72 Å². The van der Waals surface area contributed by atoms with Gasteiger partial charge in [0.15, 0.2) is 17.3 Å². The number of fused-ring (bicyclic) bond motifs is 1. The number of H-pyrrole nitrogens is 1. The van der Waals surface area contributed by atoms with E-state index in [0.29, 0.717) is 17.1 Å². The molecule has 2 aromatic carbocycles. The van der Waals surface area contributed by atoms with Gasteiger partial charge in [-0.2, -0.15) is 5.21 Å². The van der Waals surface area contributed by atoms with Crippen LogP contribution in [0.3, 0.4) is 0 Å². The minimum atomic E-state index is -1.38. The minimum absolute atomic E-state index is 0. The van der Waals surface area contributed by atoms with Crippen molar-refractivity contribution >= 4 is 11.9 Å². The van der Waals surface area contributed by atoms with Crippen molar-refractivity contribution in [2.75, 3.05) is 6.61 Å². The average molecular weight is 458 g/mol. The van der Waals surface area contributed by atoms with Gasteiger partial charge in [0.2, 0.25) is 5.82 Å². The first-order chi connectivity index (χ1) is 15.5. The van der Waals surface area contributed by atoms with Crippen LogP contribution in [-0.2, 0) is 12.1 Å². The number of aromatic nitrogens is 4. The molecule has 1 aliphatic rings. The monoisotopic (exact) mass is 457 g/mol. The van der Waals surface area contributed by atoms with Gasteiger partial charge in [0.1, 0.15) is 6.61 Å². The van der Waals surface area contributed by atoms with Gasteiger partial charge in [-0.3, -0.25) is 10.5 Å². The number of rotatable bonds is 8. The number of aromatic amines is 1. The summed E-state index contributed by atoms with van der Waals surface area (Å²) in [7, 11) is 0. The van der Waals surface area contributed by atoms with E-state index in [9.17, 15) is 4.79 Å². The maximum Gasteiger partial charge on any atom is 1.00 e. The number of carbonyl (C=O) groups is 1. The number of nitrogens with one attached hydrogen (secondary N) is 1. The molecule has 168 valence electrons. The van der Waals surface area contributed by atoms with Gasteiger partial charge in [-0.1, -0.05) is 50.1 Å². The van der Waals surface area contributed by atoms with E-state index in [4.69, 9.17) is 15.2 Å². The molecule has 33 heavy (non-hydrogen) atoms. The smallest absolute Gasteiger partial charge is 1.00 e. The number of benzene rings is 2. The first-order valence-electron chi connectivity index (χ1n) is 10.8. The molecule has 4 rings (SSSR count). The van der Waals surface area contributed by atoms with Gasteiger partial charge in [0.05, 0.1) is 0 Å². The molecule has 0 radical (unpaired) electrons. The van der Waals surface area contributed by atoms with E-state index in [1.807, 2.05) is 25.1 Å². The number of ether oxygens (including phenoxy) is 2. The molecule has 0 aliphatic carbocycles. The van der Waals surface area contributed by atoms with E-state index in [1.54, 1.807) is 18.2 Å². The summed E-state index contributed by atoms with van der Waals surface area (Å²) < 4.78 is 11.7. The summed E-state index contributed by atoms with van der Waals surface area (Å²) in [5.74, 6) is 0.928. The molecule has 2 heterocycles. The van der Waals surface area contributed by atoms with Crippen molar-refractivity contribution in [2.24, 2.45) is 5.73 Å². The second kappa shape index (κ2) is 11.1. The Balaban J connectivity index is 0.00000204. The molecule has 3 N–H and O–H groups in total. The van der Waals surface area contributed by atoms with Crippen LogP contribution in [0.15, 0.2) is 42.5 Å². The van der Waals surface area contributed by atoms with Crippen LogP contribution in [-0.4, -0.2) is 33.0 Å². The van der Waals surface area contributed by atoms with E-state index in [0.717, 1.165) is 17.5 Å². The molecule has 3 aromatic rings. The third kappa shape index (κ3) is 5.89. The number of unbranched alkanes of at least 4 members (excludes halogenated alkanes) is 2. The van der Waals surface area contributed by atoms with E-state index >= 15 is 0 Å². The Morgan fingerprint density at radius 1 is 1.24 bits per heavy atom. The molecule has 0 bridgehead atoms. The zero-order valence-corrected chi connectivity index (χ0v) is 21.3. The second-order valence-electron chi connectivity index (χ2n) is 8.03. The molecular weight excluding hydrogens is 429 g/mol. The summed E-state index contributed by atoms with van der Waals surface area (Å²) in [6.07, 6.45) is 8.13. The second-order valence-corrected chi connectivity index (χ2v) is 8.03. The number of ketones is 1. The Bertz CT molecular complexity index is 1120. The van der Waals surface area contributed by atoms with Crippen molar-refractivity contribution in [1.82, 2.24) is 20.6 Å². The van der Waals surface area contributed by atoms with Gasteiger partial charge in [-0.25, -0.2) is 0 Å². The average Bonchev–Trinajstić information content (AvgIpc) is 3.34. The molecule has 0 fully saturated rings. The molecule has 0 amide bonds. The summed E-state index contributed by atoms with van der Waals surface area (Å²) in [5, 5.41) is 13.7. The molecule has 0 spiro atoms. The normalized spacial score (nSPS) is 17.1. The number of hydrogen-bond donors (Lipinski definition) is 2. The Morgan fingerprint density at radius 2 is 2.03 bits per heavy atom. The van der Waals surface area contributed by atoms with Crippen LogP contribution in [0.4, 0.5) is 0 Å². The molecule has 1 aromatic heterocycles. The van der Waals surface area contributed by atoms with Gasteiger partial charge in [-0.05, 0) is 59.9 Å². The number of hydrogen-bond acceptors (Lipinski definition) is 7. The van der Waals surface area contributed by atoms with Crippen LogP contribution in [0.25, 0.3) is 6.08 Å². The van der Waals surface area contributed by atoms with Crippen LogP contribution >= 0.6 is 0 Å². The summed E-state index contributed by atoms with van der Waals surface area (Å²) >= 11 is 0. The van der Waals surface area contributed by atoms with Crippen LogP contribution in [0.1, 0.15) is 60.5 Å². The zero-order chi connectivity index (χ0) is 22.6. The number of nitrogens with zero attached hydrogens (tertiary/aromatic N) is 3. The van der Waals surface area contributed by atoms with Gasteiger partial charge in [0.25, 0.3) is 5.72 Å². The Hall–Kier alpha value is -2.52. The van der Waals surface area contributed by atoms with Crippen molar-refractivity contribution in [2.45, 2.75) is 45.3 Å². The van der Waals surface area contributed by atoms with Crippen molar-refractivity contribution in [1.29, 1.82) is 0 Å². The fourth-order valence-corrected chi connectivity index (χ4v) is 3.62. The van der Waals surface area contributed by atoms with Gasteiger partial charge in [-0.15, -0.1) is 10.2 Å². The molecule has 1 unspecified atom stereocenters. The molecule has 9 heteroatoms. The standard InChI is InChI=1S/C24H27N5O3.Na.H/c1-3-4-5-6-17-7-9-18(10-8-17)11-12-20(30)19-14-22-21(13-16(19)2)31-15-24(25,32-22)23-26-28-29-27-23;;/h7-14H,3-6,15,25H2,1-2H3,(H,26,27,28,29);;/q;+1;-1. The van der Waals surface area contributed by atoms with Crippen LogP contribution in [0.5, 0.6) is 11.5 Å². The minimum Gasteiger partial charge on any atom is -1.00 e. The third-order valence-electron chi connectivity index (χ3n) is 5.49. The molecule has 0 saturated carbocycles. The summed E-state index contributed by atoms with van der Waals surface area (Å²) in [5.41, 5.74) is 8.47. The van der Waals surface area contributed by atoms with Gasteiger partial charge >= 0.3 is 29.6 Å². The number of carbonyl (C=O) groups excluding carboxylic acids is 1. The molecule has 1 aliphatic heterocycles.